The molecule has 0 bridgehead atoms. The van der Waals surface area contributed by atoms with Gasteiger partial charge in [-0.25, -0.2) is 0 Å². The Kier molecular flexibility index (Phi) is 6.06. The highest BCUT2D eigenvalue weighted by Gasteiger charge is 2.34. The van der Waals surface area contributed by atoms with Crippen molar-refractivity contribution in [1.29, 1.82) is 0 Å². The Morgan fingerprint density at radius 3 is 2.29 bits per heavy atom. The summed E-state index contributed by atoms with van der Waals surface area (Å²) in [7, 11) is 0. The number of nitrogens with zero attached hydrogens (tertiary/aromatic N) is 1. The molecule has 1 aliphatic carbocycles. The third-order valence-electron chi connectivity index (χ3n) is 6.05. The smallest absolute Gasteiger partial charge is 0.306 e. The molecular weight excluding hydrogens is 356 g/mol. The number of aryl methyl sites for hydroxylation is 1. The van der Waals surface area contributed by atoms with E-state index in [0.717, 1.165) is 25.1 Å². The lowest BCUT2D eigenvalue weighted by Crippen LogP contribution is -2.42. The van der Waals surface area contributed by atoms with Gasteiger partial charge >= 0.3 is 5.97 Å². The van der Waals surface area contributed by atoms with Crippen molar-refractivity contribution in [3.8, 4) is 0 Å². The summed E-state index contributed by atoms with van der Waals surface area (Å²) < 4.78 is 0. The van der Waals surface area contributed by atoms with Crippen molar-refractivity contribution in [1.82, 2.24) is 4.90 Å². The fourth-order valence-electron chi connectivity index (χ4n) is 4.58. The van der Waals surface area contributed by atoms with Crippen LogP contribution in [0.4, 0.5) is 5.69 Å². The Bertz CT molecular complexity index is 766. The molecule has 1 aromatic carbocycles. The molecule has 2 aliphatic rings. The number of rotatable bonds is 4. The minimum Gasteiger partial charge on any atom is -0.481 e. The number of amides is 2. The number of likely N-dealkylation sites (tertiary alicyclic amines) is 1. The minimum absolute atomic E-state index is 0.000654. The zero-order chi connectivity index (χ0) is 20.4. The highest BCUT2D eigenvalue weighted by atomic mass is 16.4. The second-order valence-corrected chi connectivity index (χ2v) is 8.72. The van der Waals surface area contributed by atoms with Gasteiger partial charge < -0.3 is 15.3 Å². The van der Waals surface area contributed by atoms with Crippen molar-refractivity contribution in [3.63, 3.8) is 0 Å². The SMILES string of the molecule is Cc1ccc(C(=O)N2CC(C)CC(C)C2)cc1NC(=O)[C@@H]1CC[C@H](C(=O)O)C1. The normalized spacial score (nSPS) is 27.5. The molecule has 152 valence electrons. The van der Waals surface area contributed by atoms with Crippen molar-refractivity contribution < 1.29 is 19.5 Å². The summed E-state index contributed by atoms with van der Waals surface area (Å²) >= 11 is 0. The fourth-order valence-corrected chi connectivity index (χ4v) is 4.58. The third-order valence-corrected chi connectivity index (χ3v) is 6.05. The number of anilines is 1. The predicted molar refractivity (Wildman–Crippen MR) is 107 cm³/mol. The van der Waals surface area contributed by atoms with Crippen molar-refractivity contribution in [3.05, 3.63) is 29.3 Å². The zero-order valence-corrected chi connectivity index (χ0v) is 16.9. The molecule has 1 aliphatic heterocycles. The number of benzene rings is 1. The number of carbonyl (C=O) groups excluding carboxylic acids is 2. The molecular formula is C22H30N2O4. The van der Waals surface area contributed by atoms with E-state index in [9.17, 15) is 14.4 Å². The Balaban J connectivity index is 1.70. The summed E-state index contributed by atoms with van der Waals surface area (Å²) in [6.07, 6.45) is 2.64. The lowest BCUT2D eigenvalue weighted by molar-refractivity contribution is -0.141. The van der Waals surface area contributed by atoms with E-state index in [4.69, 9.17) is 5.11 Å². The molecule has 2 fully saturated rings. The summed E-state index contributed by atoms with van der Waals surface area (Å²) in [5.74, 6) is -0.735. The van der Waals surface area contributed by atoms with Gasteiger partial charge in [0, 0.05) is 30.3 Å². The van der Waals surface area contributed by atoms with Crippen LogP contribution in [0, 0.1) is 30.6 Å². The molecule has 1 aromatic rings. The number of carboxylic acid groups (broad SMARTS) is 1. The monoisotopic (exact) mass is 386 g/mol. The van der Waals surface area contributed by atoms with Crippen LogP contribution in [-0.4, -0.2) is 40.9 Å². The third kappa shape index (κ3) is 4.54. The Labute approximate surface area is 166 Å². The Hall–Kier alpha value is -2.37. The molecule has 1 saturated carbocycles. The van der Waals surface area contributed by atoms with Crippen molar-refractivity contribution >= 4 is 23.5 Å². The van der Waals surface area contributed by atoms with Crippen LogP contribution in [0.5, 0.6) is 0 Å². The second-order valence-electron chi connectivity index (χ2n) is 8.72. The largest absolute Gasteiger partial charge is 0.481 e. The number of nitrogens with one attached hydrogen (secondary N) is 1. The van der Waals surface area contributed by atoms with Gasteiger partial charge in [-0.2, -0.15) is 0 Å². The van der Waals surface area contributed by atoms with E-state index < -0.39 is 11.9 Å². The lowest BCUT2D eigenvalue weighted by Gasteiger charge is -2.35. The van der Waals surface area contributed by atoms with E-state index in [-0.39, 0.29) is 17.7 Å². The number of carboxylic acids is 1. The van der Waals surface area contributed by atoms with Gasteiger partial charge in [0.2, 0.25) is 5.91 Å². The van der Waals surface area contributed by atoms with Gasteiger partial charge in [0.05, 0.1) is 5.92 Å². The van der Waals surface area contributed by atoms with Crippen LogP contribution in [0.15, 0.2) is 18.2 Å². The van der Waals surface area contributed by atoms with Gasteiger partial charge in [-0.05, 0) is 62.1 Å². The van der Waals surface area contributed by atoms with E-state index in [0.29, 0.717) is 42.3 Å². The van der Waals surface area contributed by atoms with Crippen molar-refractivity contribution in [2.75, 3.05) is 18.4 Å². The van der Waals surface area contributed by atoms with E-state index in [2.05, 4.69) is 19.2 Å². The molecule has 0 aromatic heterocycles. The first-order valence-electron chi connectivity index (χ1n) is 10.2. The van der Waals surface area contributed by atoms with Gasteiger partial charge in [0.25, 0.3) is 5.91 Å². The van der Waals surface area contributed by atoms with E-state index >= 15 is 0 Å². The minimum atomic E-state index is -0.830. The van der Waals surface area contributed by atoms with Crippen molar-refractivity contribution in [2.45, 2.75) is 46.5 Å². The van der Waals surface area contributed by atoms with Gasteiger partial charge in [-0.1, -0.05) is 19.9 Å². The van der Waals surface area contributed by atoms with E-state index in [1.54, 1.807) is 6.07 Å². The van der Waals surface area contributed by atoms with Crippen LogP contribution in [0.2, 0.25) is 0 Å². The number of piperidine rings is 1. The van der Waals surface area contributed by atoms with Crippen LogP contribution in [0.1, 0.15) is 55.5 Å². The van der Waals surface area contributed by atoms with Gasteiger partial charge in [-0.15, -0.1) is 0 Å². The maximum atomic E-state index is 13.0. The van der Waals surface area contributed by atoms with Crippen LogP contribution >= 0.6 is 0 Å². The molecule has 2 N–H and O–H groups in total. The number of aliphatic carboxylic acids is 1. The summed E-state index contributed by atoms with van der Waals surface area (Å²) in [5, 5.41) is 12.1. The highest BCUT2D eigenvalue weighted by Crippen LogP contribution is 2.32. The molecule has 0 radical (unpaired) electrons. The molecule has 0 spiro atoms. The molecule has 2 amide bonds. The summed E-state index contributed by atoms with van der Waals surface area (Å²) in [6, 6.07) is 5.42. The first-order valence-corrected chi connectivity index (χ1v) is 10.2. The van der Waals surface area contributed by atoms with Crippen LogP contribution in [-0.2, 0) is 9.59 Å². The molecule has 6 heteroatoms. The number of hydrogen-bond donors (Lipinski definition) is 2. The maximum absolute atomic E-state index is 13.0. The Morgan fingerprint density at radius 1 is 1.04 bits per heavy atom. The maximum Gasteiger partial charge on any atom is 0.306 e. The van der Waals surface area contributed by atoms with Gasteiger partial charge in [0.1, 0.15) is 0 Å². The van der Waals surface area contributed by atoms with Crippen molar-refractivity contribution in [2.24, 2.45) is 23.7 Å². The molecule has 4 atom stereocenters. The highest BCUT2D eigenvalue weighted by molar-refractivity contribution is 5.98. The fraction of sp³-hybridized carbons (Fsp3) is 0.591. The van der Waals surface area contributed by atoms with Gasteiger partial charge in [0.15, 0.2) is 0 Å². The van der Waals surface area contributed by atoms with Gasteiger partial charge in [-0.3, -0.25) is 14.4 Å². The lowest BCUT2D eigenvalue weighted by atomic mass is 9.91. The Morgan fingerprint density at radius 2 is 1.68 bits per heavy atom. The molecule has 28 heavy (non-hydrogen) atoms. The summed E-state index contributed by atoms with van der Waals surface area (Å²) in [6.45, 7) is 7.75. The number of carbonyl (C=O) groups is 3. The number of hydrogen-bond acceptors (Lipinski definition) is 3. The zero-order valence-electron chi connectivity index (χ0n) is 16.9. The first-order chi connectivity index (χ1) is 13.2. The van der Waals surface area contributed by atoms with E-state index in [1.807, 2.05) is 24.0 Å². The average Bonchev–Trinajstić information content (AvgIpc) is 3.13. The van der Waals surface area contributed by atoms with Crippen LogP contribution < -0.4 is 5.32 Å². The second kappa shape index (κ2) is 8.33. The molecule has 3 rings (SSSR count). The first kappa shape index (κ1) is 20.4. The molecule has 6 nitrogen and oxygen atoms in total. The average molecular weight is 386 g/mol. The van der Waals surface area contributed by atoms with Crippen LogP contribution in [0.25, 0.3) is 0 Å². The standard InChI is InChI=1S/C22H30N2O4/c1-13-8-14(2)12-24(11-13)21(26)17-5-4-15(3)19(10-17)23-20(25)16-6-7-18(9-16)22(27)28/h4-5,10,13-14,16,18H,6-9,11-12H2,1-3H3,(H,23,25)(H,27,28)/t13?,14?,16-,18+/m1/s1. The summed E-state index contributed by atoms with van der Waals surface area (Å²) in [5.41, 5.74) is 2.10. The molecule has 1 heterocycles. The summed E-state index contributed by atoms with van der Waals surface area (Å²) in [4.78, 5) is 38.6. The topological polar surface area (TPSA) is 86.7 Å². The van der Waals surface area contributed by atoms with E-state index in [1.165, 1.54) is 0 Å². The quantitative estimate of drug-likeness (QED) is 0.828. The van der Waals surface area contributed by atoms with Crippen LogP contribution in [0.3, 0.4) is 0 Å². The molecule has 1 saturated heterocycles. The molecule has 2 unspecified atom stereocenters. The predicted octanol–water partition coefficient (Wildman–Crippen LogP) is 3.55.